The quantitative estimate of drug-likeness (QED) is 0.841. The van der Waals surface area contributed by atoms with Gasteiger partial charge in [-0.25, -0.2) is 0 Å². The van der Waals surface area contributed by atoms with Crippen LogP contribution in [0.4, 0.5) is 0 Å². The van der Waals surface area contributed by atoms with Gasteiger partial charge in [-0.1, -0.05) is 0 Å². The zero-order valence-electron chi connectivity index (χ0n) is 13.2. The summed E-state index contributed by atoms with van der Waals surface area (Å²) >= 11 is 0. The van der Waals surface area contributed by atoms with Gasteiger partial charge in [0.1, 0.15) is 5.75 Å². The molecule has 0 aliphatic carbocycles. The summed E-state index contributed by atoms with van der Waals surface area (Å²) < 4.78 is 5.28. The van der Waals surface area contributed by atoms with Crippen LogP contribution in [-0.2, 0) is 11.3 Å². The van der Waals surface area contributed by atoms with Crippen molar-refractivity contribution in [1.29, 1.82) is 5.26 Å². The maximum atomic E-state index is 11.4. The SMILES string of the molecule is COc1ccc(C#N)cc1CNC(C)(C)C(C)(C)C(=O)O. The van der Waals surface area contributed by atoms with Crippen molar-refractivity contribution in [3.05, 3.63) is 29.3 Å². The molecule has 0 unspecified atom stereocenters. The second-order valence-electron chi connectivity index (χ2n) is 6.05. The first-order chi connectivity index (χ1) is 9.65. The number of nitriles is 1. The van der Waals surface area contributed by atoms with E-state index in [4.69, 9.17) is 10.00 Å². The first kappa shape index (κ1) is 17.0. The molecule has 0 radical (unpaired) electrons. The Labute approximate surface area is 125 Å². The van der Waals surface area contributed by atoms with Crippen molar-refractivity contribution < 1.29 is 14.6 Å². The predicted octanol–water partition coefficient (Wildman–Crippen LogP) is 2.55. The standard InChI is InChI=1S/C16H22N2O3/c1-15(2,14(19)20)16(3,4)18-10-12-8-11(9-17)6-7-13(12)21-5/h6-8,18H,10H2,1-5H3,(H,19,20). The van der Waals surface area contributed by atoms with Gasteiger partial charge in [-0.05, 0) is 45.9 Å². The zero-order valence-corrected chi connectivity index (χ0v) is 13.2. The summed E-state index contributed by atoms with van der Waals surface area (Å²) in [5, 5.41) is 21.6. The van der Waals surface area contributed by atoms with Gasteiger partial charge in [0.2, 0.25) is 0 Å². The molecule has 0 fully saturated rings. The Bertz CT molecular complexity index is 571. The highest BCUT2D eigenvalue weighted by Gasteiger charge is 2.43. The summed E-state index contributed by atoms with van der Waals surface area (Å²) in [6.07, 6.45) is 0. The average Bonchev–Trinajstić information content (AvgIpc) is 2.44. The van der Waals surface area contributed by atoms with Crippen LogP contribution in [0.2, 0.25) is 0 Å². The van der Waals surface area contributed by atoms with Crippen molar-refractivity contribution in [2.45, 2.75) is 39.8 Å². The number of hydrogen-bond donors (Lipinski definition) is 2. The fraction of sp³-hybridized carbons (Fsp3) is 0.500. The van der Waals surface area contributed by atoms with Gasteiger partial charge in [-0.3, -0.25) is 4.79 Å². The topological polar surface area (TPSA) is 82.3 Å². The van der Waals surface area contributed by atoms with E-state index in [1.54, 1.807) is 39.2 Å². The Morgan fingerprint density at radius 2 is 2.00 bits per heavy atom. The molecule has 0 saturated heterocycles. The molecular formula is C16H22N2O3. The van der Waals surface area contributed by atoms with Crippen molar-refractivity contribution in [3.8, 4) is 11.8 Å². The highest BCUT2D eigenvalue weighted by atomic mass is 16.5. The Balaban J connectivity index is 2.98. The van der Waals surface area contributed by atoms with E-state index in [0.29, 0.717) is 17.9 Å². The summed E-state index contributed by atoms with van der Waals surface area (Å²) in [5.74, 6) is -0.192. The van der Waals surface area contributed by atoms with Gasteiger partial charge in [0.05, 0.1) is 24.2 Å². The lowest BCUT2D eigenvalue weighted by Crippen LogP contribution is -2.54. The van der Waals surface area contributed by atoms with E-state index in [-0.39, 0.29) is 0 Å². The molecule has 0 aliphatic heterocycles. The molecule has 5 heteroatoms. The number of hydrogen-bond acceptors (Lipinski definition) is 4. The number of nitrogens with one attached hydrogen (secondary N) is 1. The van der Waals surface area contributed by atoms with Crippen molar-refractivity contribution in [2.75, 3.05) is 7.11 Å². The number of carboxylic acids is 1. The third-order valence-corrected chi connectivity index (χ3v) is 4.23. The van der Waals surface area contributed by atoms with E-state index in [2.05, 4.69) is 11.4 Å². The maximum absolute atomic E-state index is 11.4. The summed E-state index contributed by atoms with van der Waals surface area (Å²) in [6, 6.07) is 7.26. The number of nitrogens with zero attached hydrogens (tertiary/aromatic N) is 1. The fourth-order valence-corrected chi connectivity index (χ4v) is 1.79. The smallest absolute Gasteiger partial charge is 0.310 e. The summed E-state index contributed by atoms with van der Waals surface area (Å²) in [6.45, 7) is 7.49. The Kier molecular flexibility index (Phi) is 4.97. The first-order valence-corrected chi connectivity index (χ1v) is 6.71. The Hall–Kier alpha value is -2.06. The van der Waals surface area contributed by atoms with E-state index in [1.807, 2.05) is 13.8 Å². The normalized spacial score (nSPS) is 11.8. The minimum Gasteiger partial charge on any atom is -0.496 e. The number of carboxylic acid groups (broad SMARTS) is 1. The van der Waals surface area contributed by atoms with Gasteiger partial charge in [0.15, 0.2) is 0 Å². The van der Waals surface area contributed by atoms with E-state index in [9.17, 15) is 9.90 Å². The number of benzene rings is 1. The van der Waals surface area contributed by atoms with Crippen LogP contribution in [0.5, 0.6) is 5.75 Å². The van der Waals surface area contributed by atoms with Crippen LogP contribution in [-0.4, -0.2) is 23.7 Å². The molecule has 1 rings (SSSR count). The van der Waals surface area contributed by atoms with Crippen LogP contribution < -0.4 is 10.1 Å². The number of methoxy groups -OCH3 is 1. The lowest BCUT2D eigenvalue weighted by molar-refractivity contribution is -0.151. The van der Waals surface area contributed by atoms with Gasteiger partial charge >= 0.3 is 5.97 Å². The molecule has 0 aliphatic rings. The molecule has 0 atom stereocenters. The zero-order chi connectivity index (χ0) is 16.3. The molecule has 0 spiro atoms. The second kappa shape index (κ2) is 6.15. The van der Waals surface area contributed by atoms with Crippen molar-refractivity contribution >= 4 is 5.97 Å². The third kappa shape index (κ3) is 3.53. The number of aliphatic carboxylic acids is 1. The number of ether oxygens (including phenoxy) is 1. The van der Waals surface area contributed by atoms with Crippen LogP contribution in [0.3, 0.4) is 0 Å². The van der Waals surface area contributed by atoms with E-state index >= 15 is 0 Å². The lowest BCUT2D eigenvalue weighted by atomic mass is 9.74. The van der Waals surface area contributed by atoms with Gasteiger partial charge in [-0.2, -0.15) is 5.26 Å². The monoisotopic (exact) mass is 290 g/mol. The predicted molar refractivity (Wildman–Crippen MR) is 80.0 cm³/mol. The summed E-state index contributed by atoms with van der Waals surface area (Å²) in [7, 11) is 1.57. The van der Waals surface area contributed by atoms with Gasteiger partial charge in [0, 0.05) is 17.6 Å². The third-order valence-electron chi connectivity index (χ3n) is 4.23. The summed E-state index contributed by atoms with van der Waals surface area (Å²) in [4.78, 5) is 11.4. The minimum absolute atomic E-state index is 0.419. The molecule has 1 aromatic carbocycles. The first-order valence-electron chi connectivity index (χ1n) is 6.71. The molecular weight excluding hydrogens is 268 g/mol. The fourth-order valence-electron chi connectivity index (χ4n) is 1.79. The molecule has 2 N–H and O–H groups in total. The highest BCUT2D eigenvalue weighted by molar-refractivity contribution is 5.75. The van der Waals surface area contributed by atoms with Crippen LogP contribution >= 0.6 is 0 Å². The molecule has 114 valence electrons. The lowest BCUT2D eigenvalue weighted by Gasteiger charge is -2.39. The molecule has 0 aromatic heterocycles. The van der Waals surface area contributed by atoms with Crippen LogP contribution in [0, 0.1) is 16.7 Å². The average molecular weight is 290 g/mol. The van der Waals surface area contributed by atoms with E-state index in [1.165, 1.54) is 0 Å². The van der Waals surface area contributed by atoms with Crippen LogP contribution in [0.25, 0.3) is 0 Å². The van der Waals surface area contributed by atoms with Crippen molar-refractivity contribution in [3.63, 3.8) is 0 Å². The number of carbonyl (C=O) groups is 1. The molecule has 0 amide bonds. The van der Waals surface area contributed by atoms with Gasteiger partial charge in [-0.15, -0.1) is 0 Å². The van der Waals surface area contributed by atoms with Gasteiger partial charge in [0.25, 0.3) is 0 Å². The summed E-state index contributed by atoms with van der Waals surface area (Å²) in [5.41, 5.74) is -0.201. The number of rotatable bonds is 6. The van der Waals surface area contributed by atoms with E-state index < -0.39 is 16.9 Å². The molecule has 0 heterocycles. The van der Waals surface area contributed by atoms with Crippen molar-refractivity contribution in [2.24, 2.45) is 5.41 Å². The van der Waals surface area contributed by atoms with E-state index in [0.717, 1.165) is 5.56 Å². The van der Waals surface area contributed by atoms with Crippen molar-refractivity contribution in [1.82, 2.24) is 5.32 Å². The molecule has 5 nitrogen and oxygen atoms in total. The second-order valence-corrected chi connectivity index (χ2v) is 6.05. The minimum atomic E-state index is -0.937. The van der Waals surface area contributed by atoms with Gasteiger partial charge < -0.3 is 15.2 Å². The van der Waals surface area contributed by atoms with Crippen LogP contribution in [0.1, 0.15) is 38.8 Å². The maximum Gasteiger partial charge on any atom is 0.310 e. The van der Waals surface area contributed by atoms with Crippen LogP contribution in [0.15, 0.2) is 18.2 Å². The molecule has 21 heavy (non-hydrogen) atoms. The Morgan fingerprint density at radius 1 is 1.38 bits per heavy atom. The highest BCUT2D eigenvalue weighted by Crippen LogP contribution is 2.31. The molecule has 0 saturated carbocycles. The molecule has 1 aromatic rings. The largest absolute Gasteiger partial charge is 0.496 e. The Morgan fingerprint density at radius 3 is 2.48 bits per heavy atom. The molecule has 0 bridgehead atoms.